The molecule has 0 aliphatic carbocycles. The van der Waals surface area contributed by atoms with Crippen LogP contribution >= 0.6 is 0 Å². The third-order valence-corrected chi connectivity index (χ3v) is 4.66. The van der Waals surface area contributed by atoms with Crippen LogP contribution < -0.4 is 0 Å². The topological polar surface area (TPSA) is 38.7 Å². The molecule has 3 nitrogen and oxygen atoms in total. The van der Waals surface area contributed by atoms with Gasteiger partial charge in [0.1, 0.15) is 0 Å². The van der Waals surface area contributed by atoms with E-state index in [9.17, 15) is 0 Å². The highest BCUT2D eigenvalue weighted by Crippen LogP contribution is 2.27. The molecule has 28 heavy (non-hydrogen) atoms. The van der Waals surface area contributed by atoms with E-state index in [2.05, 4.69) is 25.1 Å². The average Bonchev–Trinajstić information content (AvgIpc) is 2.77. The normalized spacial score (nSPS) is 11.4. The van der Waals surface area contributed by atoms with Crippen LogP contribution in [0.15, 0.2) is 91.0 Å². The summed E-state index contributed by atoms with van der Waals surface area (Å²) in [6.07, 6.45) is 2.07. The van der Waals surface area contributed by atoms with E-state index in [0.717, 1.165) is 22.3 Å². The lowest BCUT2D eigenvalue weighted by atomic mass is 9.99. The first-order chi connectivity index (χ1) is 13.8. The number of aromatic nitrogens is 3. The van der Waals surface area contributed by atoms with E-state index in [-0.39, 0.29) is 0 Å². The van der Waals surface area contributed by atoms with Gasteiger partial charge in [0.15, 0.2) is 17.5 Å². The predicted molar refractivity (Wildman–Crippen MR) is 115 cm³/mol. The Labute approximate surface area is 165 Å². The standard InChI is InChI=1S/C25H21N3/c1-3-21(22-17-11-10-12-18(22)2)25-27-23(19-13-6-4-7-14-19)26-24(28-25)20-15-8-5-9-16-20/h3-17H,1-2H3/b21-3+. The molecule has 0 aliphatic heterocycles. The summed E-state index contributed by atoms with van der Waals surface area (Å²) in [7, 11) is 0. The highest BCUT2D eigenvalue weighted by Gasteiger charge is 2.15. The molecule has 1 heterocycles. The van der Waals surface area contributed by atoms with Gasteiger partial charge in [-0.3, -0.25) is 0 Å². The van der Waals surface area contributed by atoms with Gasteiger partial charge < -0.3 is 0 Å². The number of allylic oxidation sites excluding steroid dienone is 1. The fourth-order valence-corrected chi connectivity index (χ4v) is 3.21. The monoisotopic (exact) mass is 363 g/mol. The molecule has 3 aromatic carbocycles. The number of nitrogens with zero attached hydrogens (tertiary/aromatic N) is 3. The van der Waals surface area contributed by atoms with Crippen molar-refractivity contribution in [3.05, 3.63) is 108 Å². The molecule has 4 rings (SSSR count). The Morgan fingerprint density at radius 2 is 1.14 bits per heavy atom. The van der Waals surface area contributed by atoms with Gasteiger partial charge in [-0.2, -0.15) is 0 Å². The molecule has 136 valence electrons. The van der Waals surface area contributed by atoms with Crippen LogP contribution in [0.25, 0.3) is 28.3 Å². The van der Waals surface area contributed by atoms with Gasteiger partial charge in [0.25, 0.3) is 0 Å². The van der Waals surface area contributed by atoms with Crippen molar-refractivity contribution in [1.29, 1.82) is 0 Å². The summed E-state index contributed by atoms with van der Waals surface area (Å²) >= 11 is 0. The highest BCUT2D eigenvalue weighted by atomic mass is 15.0. The lowest BCUT2D eigenvalue weighted by Crippen LogP contribution is -2.04. The highest BCUT2D eigenvalue weighted by molar-refractivity contribution is 5.79. The van der Waals surface area contributed by atoms with Crippen LogP contribution in [-0.2, 0) is 0 Å². The zero-order valence-corrected chi connectivity index (χ0v) is 16.0. The van der Waals surface area contributed by atoms with E-state index >= 15 is 0 Å². The minimum absolute atomic E-state index is 0.678. The largest absolute Gasteiger partial charge is 0.208 e. The SMILES string of the molecule is C/C=C(/c1nc(-c2ccccc2)nc(-c2ccccc2)n1)c1ccccc1C. The predicted octanol–water partition coefficient (Wildman–Crippen LogP) is 5.97. The maximum atomic E-state index is 4.83. The summed E-state index contributed by atoms with van der Waals surface area (Å²) < 4.78 is 0. The first kappa shape index (κ1) is 17.8. The summed E-state index contributed by atoms with van der Waals surface area (Å²) in [6, 6.07) is 28.4. The van der Waals surface area contributed by atoms with Crippen LogP contribution in [0.4, 0.5) is 0 Å². The second-order valence-electron chi connectivity index (χ2n) is 6.56. The average molecular weight is 363 g/mol. The molecule has 0 atom stereocenters. The number of benzene rings is 3. The maximum absolute atomic E-state index is 4.83. The molecular formula is C25H21N3. The molecule has 0 bridgehead atoms. The van der Waals surface area contributed by atoms with Crippen molar-refractivity contribution in [2.24, 2.45) is 0 Å². The Morgan fingerprint density at radius 3 is 1.64 bits per heavy atom. The van der Waals surface area contributed by atoms with Crippen LogP contribution in [0.3, 0.4) is 0 Å². The molecule has 0 saturated carbocycles. The van der Waals surface area contributed by atoms with Gasteiger partial charge in [-0.1, -0.05) is 91.0 Å². The van der Waals surface area contributed by atoms with Gasteiger partial charge in [0.2, 0.25) is 0 Å². The van der Waals surface area contributed by atoms with Gasteiger partial charge >= 0.3 is 0 Å². The summed E-state index contributed by atoms with van der Waals surface area (Å²) in [6.45, 7) is 4.13. The van der Waals surface area contributed by atoms with Gasteiger partial charge in [-0.25, -0.2) is 15.0 Å². The van der Waals surface area contributed by atoms with Crippen molar-refractivity contribution in [2.45, 2.75) is 13.8 Å². The van der Waals surface area contributed by atoms with Crippen LogP contribution in [0, 0.1) is 6.92 Å². The Balaban J connectivity index is 1.93. The van der Waals surface area contributed by atoms with Crippen LogP contribution in [0.2, 0.25) is 0 Å². The number of aryl methyl sites for hydroxylation is 1. The van der Waals surface area contributed by atoms with Crippen LogP contribution in [-0.4, -0.2) is 15.0 Å². The van der Waals surface area contributed by atoms with E-state index in [0.29, 0.717) is 17.5 Å². The van der Waals surface area contributed by atoms with E-state index in [1.807, 2.05) is 79.7 Å². The van der Waals surface area contributed by atoms with Crippen molar-refractivity contribution < 1.29 is 0 Å². The molecule has 1 aromatic heterocycles. The Bertz CT molecular complexity index is 1060. The van der Waals surface area contributed by atoms with E-state index in [1.165, 1.54) is 5.56 Å². The van der Waals surface area contributed by atoms with Gasteiger partial charge in [0.05, 0.1) is 0 Å². The molecule has 0 unspecified atom stereocenters. The summed E-state index contributed by atoms with van der Waals surface area (Å²) in [5.41, 5.74) is 5.29. The van der Waals surface area contributed by atoms with E-state index < -0.39 is 0 Å². The van der Waals surface area contributed by atoms with Crippen molar-refractivity contribution >= 4 is 5.57 Å². The number of hydrogen-bond donors (Lipinski definition) is 0. The van der Waals surface area contributed by atoms with Crippen molar-refractivity contribution in [3.8, 4) is 22.8 Å². The van der Waals surface area contributed by atoms with Gasteiger partial charge in [0, 0.05) is 16.7 Å². The zero-order valence-electron chi connectivity index (χ0n) is 16.0. The van der Waals surface area contributed by atoms with Gasteiger partial charge in [-0.15, -0.1) is 0 Å². The smallest absolute Gasteiger partial charge is 0.164 e. The molecule has 0 amide bonds. The number of hydrogen-bond acceptors (Lipinski definition) is 3. The Hall–Kier alpha value is -3.59. The minimum Gasteiger partial charge on any atom is -0.208 e. The minimum atomic E-state index is 0.678. The second kappa shape index (κ2) is 7.97. The van der Waals surface area contributed by atoms with Gasteiger partial charge in [-0.05, 0) is 25.0 Å². The molecule has 0 saturated heterocycles. The van der Waals surface area contributed by atoms with E-state index in [1.54, 1.807) is 0 Å². The molecule has 0 aliphatic rings. The maximum Gasteiger partial charge on any atom is 0.164 e. The fraction of sp³-hybridized carbons (Fsp3) is 0.0800. The third-order valence-electron chi connectivity index (χ3n) is 4.66. The Kier molecular flexibility index (Phi) is 5.07. The molecule has 0 spiro atoms. The molecule has 4 aromatic rings. The molecule has 0 radical (unpaired) electrons. The Morgan fingerprint density at radius 1 is 0.643 bits per heavy atom. The molecule has 3 heteroatoms. The van der Waals surface area contributed by atoms with Crippen molar-refractivity contribution in [2.75, 3.05) is 0 Å². The quantitative estimate of drug-likeness (QED) is 0.449. The fourth-order valence-electron chi connectivity index (χ4n) is 3.21. The second-order valence-corrected chi connectivity index (χ2v) is 6.56. The van der Waals surface area contributed by atoms with Crippen LogP contribution in [0.1, 0.15) is 23.9 Å². The summed E-state index contributed by atoms with van der Waals surface area (Å²) in [5.74, 6) is 2.04. The van der Waals surface area contributed by atoms with Crippen molar-refractivity contribution in [1.82, 2.24) is 15.0 Å². The molecule has 0 N–H and O–H groups in total. The third kappa shape index (κ3) is 3.60. The zero-order chi connectivity index (χ0) is 19.3. The molecular weight excluding hydrogens is 342 g/mol. The molecule has 0 fully saturated rings. The van der Waals surface area contributed by atoms with Crippen LogP contribution in [0.5, 0.6) is 0 Å². The summed E-state index contributed by atoms with van der Waals surface area (Å²) in [5, 5.41) is 0. The van der Waals surface area contributed by atoms with E-state index in [4.69, 9.17) is 15.0 Å². The first-order valence-electron chi connectivity index (χ1n) is 9.36. The first-order valence-corrected chi connectivity index (χ1v) is 9.36. The summed E-state index contributed by atoms with van der Waals surface area (Å²) in [4.78, 5) is 14.4. The number of rotatable bonds is 4. The lowest BCUT2D eigenvalue weighted by molar-refractivity contribution is 1.03. The lowest BCUT2D eigenvalue weighted by Gasteiger charge is -2.12. The van der Waals surface area contributed by atoms with Crippen molar-refractivity contribution in [3.63, 3.8) is 0 Å².